The van der Waals surface area contributed by atoms with E-state index in [1.807, 2.05) is 30.3 Å². The van der Waals surface area contributed by atoms with Gasteiger partial charge in [-0.2, -0.15) is 5.10 Å². The normalized spacial score (nSPS) is 24.3. The van der Waals surface area contributed by atoms with E-state index in [1.165, 1.54) is 30.0 Å². The minimum absolute atomic E-state index is 0.0600. The largest absolute Gasteiger partial charge is 0.488 e. The number of benzene rings is 3. The molecule has 0 radical (unpaired) electrons. The first-order chi connectivity index (χ1) is 15.6. The van der Waals surface area contributed by atoms with Crippen molar-refractivity contribution < 1.29 is 9.53 Å². The van der Waals surface area contributed by atoms with Crippen LogP contribution in [0.5, 0.6) is 5.75 Å². The molecule has 3 aromatic carbocycles. The Morgan fingerprint density at radius 1 is 1.19 bits per heavy atom. The molecule has 4 nitrogen and oxygen atoms in total. The van der Waals surface area contributed by atoms with Crippen molar-refractivity contribution in [2.75, 3.05) is 0 Å². The first-order valence-electron chi connectivity index (χ1n) is 11.3. The van der Waals surface area contributed by atoms with Crippen LogP contribution in [0.1, 0.15) is 43.7 Å². The molecule has 32 heavy (non-hydrogen) atoms. The van der Waals surface area contributed by atoms with Crippen molar-refractivity contribution in [3.05, 3.63) is 76.3 Å². The molecule has 2 aliphatic rings. The molecule has 0 spiro atoms. The number of hydrogen-bond acceptors (Lipinski definition) is 3. The molecule has 1 N–H and O–H groups in total. The smallest absolute Gasteiger partial charge is 0.244 e. The SMILES string of the molecule is C[C@]12CCCC[C@H]1[C@@H]2C(=O)N/N=C\c1ccc(OCc2cccc3ccccc23)c(Br)c1. The zero-order valence-electron chi connectivity index (χ0n) is 18.2. The lowest BCUT2D eigenvalue weighted by atomic mass is 9.90. The Bertz CT molecular complexity index is 1190. The molecule has 0 bridgehead atoms. The Labute approximate surface area is 197 Å². The summed E-state index contributed by atoms with van der Waals surface area (Å²) in [6.07, 6.45) is 6.50. The molecule has 2 saturated carbocycles. The van der Waals surface area contributed by atoms with Gasteiger partial charge in [0.2, 0.25) is 5.91 Å². The van der Waals surface area contributed by atoms with Gasteiger partial charge in [0.25, 0.3) is 0 Å². The topological polar surface area (TPSA) is 50.7 Å². The second-order valence-electron chi connectivity index (χ2n) is 9.19. The summed E-state index contributed by atoms with van der Waals surface area (Å²) in [4.78, 5) is 12.5. The van der Waals surface area contributed by atoms with Crippen LogP contribution in [0.2, 0.25) is 0 Å². The second-order valence-corrected chi connectivity index (χ2v) is 10.0. The van der Waals surface area contributed by atoms with Gasteiger partial charge in [0.1, 0.15) is 12.4 Å². The average molecular weight is 491 g/mol. The van der Waals surface area contributed by atoms with Gasteiger partial charge in [0.05, 0.1) is 10.7 Å². The number of carbonyl (C=O) groups excluding carboxylic acids is 1. The van der Waals surface area contributed by atoms with Gasteiger partial charge >= 0.3 is 0 Å². The highest BCUT2D eigenvalue weighted by atomic mass is 79.9. The first kappa shape index (κ1) is 21.2. The molecule has 0 heterocycles. The number of rotatable bonds is 6. The van der Waals surface area contributed by atoms with Gasteiger partial charge in [-0.25, -0.2) is 5.43 Å². The molecule has 1 amide bonds. The number of hydrazone groups is 1. The summed E-state index contributed by atoms with van der Waals surface area (Å²) in [5, 5.41) is 6.62. The Kier molecular flexibility index (Phi) is 5.76. The Morgan fingerprint density at radius 2 is 2.03 bits per heavy atom. The Hall–Kier alpha value is -2.66. The lowest BCUT2D eigenvalue weighted by molar-refractivity contribution is -0.123. The van der Waals surface area contributed by atoms with E-state index in [-0.39, 0.29) is 17.2 Å². The molecule has 2 aliphatic carbocycles. The number of fused-ring (bicyclic) bond motifs is 2. The second kappa shape index (κ2) is 8.70. The number of ether oxygens (including phenoxy) is 1. The van der Waals surface area contributed by atoms with Crippen molar-refractivity contribution in [2.45, 2.75) is 39.2 Å². The third-order valence-corrected chi connectivity index (χ3v) is 7.84. The third-order valence-electron chi connectivity index (χ3n) is 7.22. The Balaban J connectivity index is 1.19. The molecule has 164 valence electrons. The van der Waals surface area contributed by atoms with E-state index in [0.717, 1.165) is 27.8 Å². The van der Waals surface area contributed by atoms with E-state index in [9.17, 15) is 4.79 Å². The maximum absolute atomic E-state index is 12.5. The highest BCUT2D eigenvalue weighted by Crippen LogP contribution is 2.66. The lowest BCUT2D eigenvalue weighted by Crippen LogP contribution is -2.22. The molecule has 5 heteroatoms. The number of carbonyl (C=O) groups is 1. The number of nitrogens with zero attached hydrogens (tertiary/aromatic N) is 1. The summed E-state index contributed by atoms with van der Waals surface area (Å²) < 4.78 is 6.93. The zero-order chi connectivity index (χ0) is 22.1. The molecule has 2 fully saturated rings. The third kappa shape index (κ3) is 4.06. The van der Waals surface area contributed by atoms with E-state index in [0.29, 0.717) is 12.5 Å². The standard InChI is InChI=1S/C27H27BrN2O2/c1-27-14-5-4-11-22(27)25(27)26(31)30-29-16-18-12-13-24(23(28)15-18)32-17-20-9-6-8-19-7-2-3-10-21(19)20/h2-3,6-10,12-13,15-16,22,25H,4-5,11,14,17H2,1H3,(H,30,31)/b29-16-/t22-,25+,27-/m0/s1. The van der Waals surface area contributed by atoms with Crippen LogP contribution in [-0.2, 0) is 11.4 Å². The van der Waals surface area contributed by atoms with Crippen molar-refractivity contribution in [1.29, 1.82) is 0 Å². The minimum atomic E-state index is 0.0600. The van der Waals surface area contributed by atoms with Crippen LogP contribution < -0.4 is 10.2 Å². The van der Waals surface area contributed by atoms with Gasteiger partial charge in [-0.15, -0.1) is 0 Å². The van der Waals surface area contributed by atoms with E-state index >= 15 is 0 Å². The van der Waals surface area contributed by atoms with Crippen molar-refractivity contribution >= 4 is 38.8 Å². The van der Waals surface area contributed by atoms with E-state index in [2.05, 4.69) is 63.7 Å². The number of amides is 1. The molecule has 0 unspecified atom stereocenters. The molecule has 3 aromatic rings. The van der Waals surface area contributed by atoms with Crippen LogP contribution in [0, 0.1) is 17.3 Å². The maximum Gasteiger partial charge on any atom is 0.244 e. The highest BCUT2D eigenvalue weighted by molar-refractivity contribution is 9.10. The summed E-state index contributed by atoms with van der Waals surface area (Å²) in [7, 11) is 0. The van der Waals surface area contributed by atoms with Gasteiger partial charge in [0, 0.05) is 5.92 Å². The van der Waals surface area contributed by atoms with Gasteiger partial charge in [-0.3, -0.25) is 4.79 Å². The van der Waals surface area contributed by atoms with Gasteiger partial charge in [-0.05, 0) is 80.2 Å². The average Bonchev–Trinajstić information content (AvgIpc) is 3.44. The molecule has 3 atom stereocenters. The van der Waals surface area contributed by atoms with Crippen molar-refractivity contribution in [3.63, 3.8) is 0 Å². The fourth-order valence-electron chi connectivity index (χ4n) is 5.38. The van der Waals surface area contributed by atoms with Crippen LogP contribution in [0.3, 0.4) is 0 Å². The zero-order valence-corrected chi connectivity index (χ0v) is 19.8. The number of nitrogens with one attached hydrogen (secondary N) is 1. The maximum atomic E-state index is 12.5. The van der Waals surface area contributed by atoms with Gasteiger partial charge in [-0.1, -0.05) is 62.2 Å². The number of hydrogen-bond donors (Lipinski definition) is 1. The molecule has 0 saturated heterocycles. The fraction of sp³-hybridized carbons (Fsp3) is 0.333. The van der Waals surface area contributed by atoms with Crippen molar-refractivity contribution in [3.8, 4) is 5.75 Å². The molecule has 0 aromatic heterocycles. The van der Waals surface area contributed by atoms with Gasteiger partial charge in [0.15, 0.2) is 0 Å². The monoisotopic (exact) mass is 490 g/mol. The van der Waals surface area contributed by atoms with Crippen LogP contribution in [0.15, 0.2) is 70.2 Å². The molecule has 5 rings (SSSR count). The predicted molar refractivity (Wildman–Crippen MR) is 132 cm³/mol. The summed E-state index contributed by atoms with van der Waals surface area (Å²) in [6.45, 7) is 2.74. The van der Waals surface area contributed by atoms with Gasteiger partial charge < -0.3 is 4.74 Å². The molecular formula is C27H27BrN2O2. The predicted octanol–water partition coefficient (Wildman–Crippen LogP) is 6.46. The number of halogens is 1. The Morgan fingerprint density at radius 3 is 2.84 bits per heavy atom. The summed E-state index contributed by atoms with van der Waals surface area (Å²) >= 11 is 3.60. The van der Waals surface area contributed by atoms with E-state index < -0.39 is 0 Å². The minimum Gasteiger partial charge on any atom is -0.488 e. The van der Waals surface area contributed by atoms with E-state index in [1.54, 1.807) is 6.21 Å². The van der Waals surface area contributed by atoms with Crippen LogP contribution >= 0.6 is 15.9 Å². The molecule has 0 aliphatic heterocycles. The van der Waals surface area contributed by atoms with E-state index in [4.69, 9.17) is 4.74 Å². The van der Waals surface area contributed by atoms with Crippen molar-refractivity contribution in [2.24, 2.45) is 22.4 Å². The summed E-state index contributed by atoms with van der Waals surface area (Å²) in [5.41, 5.74) is 5.00. The lowest BCUT2D eigenvalue weighted by Gasteiger charge is -2.15. The molecular weight excluding hydrogens is 464 g/mol. The van der Waals surface area contributed by atoms with Crippen LogP contribution in [-0.4, -0.2) is 12.1 Å². The van der Waals surface area contributed by atoms with Crippen LogP contribution in [0.25, 0.3) is 10.8 Å². The fourth-order valence-corrected chi connectivity index (χ4v) is 5.89. The van der Waals surface area contributed by atoms with Crippen molar-refractivity contribution in [1.82, 2.24) is 5.43 Å². The van der Waals surface area contributed by atoms with Crippen LogP contribution in [0.4, 0.5) is 0 Å². The summed E-state index contributed by atoms with van der Waals surface area (Å²) in [6, 6.07) is 20.4. The summed E-state index contributed by atoms with van der Waals surface area (Å²) in [5.74, 6) is 1.50. The first-order valence-corrected chi connectivity index (χ1v) is 12.1. The quantitative estimate of drug-likeness (QED) is 0.318. The highest BCUT2D eigenvalue weighted by Gasteiger charge is 2.64.